The predicted octanol–water partition coefficient (Wildman–Crippen LogP) is 5.54. The van der Waals surface area contributed by atoms with Crippen molar-refractivity contribution in [2.24, 2.45) is 0 Å². The second-order valence-electron chi connectivity index (χ2n) is 8.04. The Balaban J connectivity index is 1.47. The number of sulfone groups is 1. The molecule has 0 unspecified atom stereocenters. The molecule has 6 nitrogen and oxygen atoms in total. The summed E-state index contributed by atoms with van der Waals surface area (Å²) in [5.74, 6) is -0.656. The summed E-state index contributed by atoms with van der Waals surface area (Å²) in [4.78, 5) is 30.9. The smallest absolute Gasteiger partial charge is 0.226 e. The molecule has 0 fully saturated rings. The van der Waals surface area contributed by atoms with Crippen LogP contribution in [0.15, 0.2) is 89.8 Å². The highest BCUT2D eigenvalue weighted by atomic mass is 32.2. The minimum absolute atomic E-state index is 0.0211. The Kier molecular flexibility index (Phi) is 7.53. The number of ketones is 1. The van der Waals surface area contributed by atoms with Crippen molar-refractivity contribution in [2.75, 3.05) is 11.1 Å². The van der Waals surface area contributed by atoms with E-state index in [1.165, 1.54) is 0 Å². The van der Waals surface area contributed by atoms with Gasteiger partial charge in [-0.2, -0.15) is 0 Å². The summed E-state index contributed by atoms with van der Waals surface area (Å²) in [6.45, 7) is 1.89. The van der Waals surface area contributed by atoms with Crippen LogP contribution in [0.2, 0.25) is 0 Å². The van der Waals surface area contributed by atoms with Crippen LogP contribution in [-0.4, -0.2) is 30.8 Å². The molecular weight excluding hydrogens is 480 g/mol. The molecule has 0 aliphatic heterocycles. The molecule has 0 spiro atoms. The van der Waals surface area contributed by atoms with Crippen LogP contribution in [0.25, 0.3) is 11.3 Å². The zero-order valence-corrected chi connectivity index (χ0v) is 20.7. The first-order valence-corrected chi connectivity index (χ1v) is 13.6. The number of thiazole rings is 1. The molecule has 8 heteroatoms. The number of carbonyl (C=O) groups is 2. The number of hydrogen-bond donors (Lipinski definition) is 1. The van der Waals surface area contributed by atoms with Crippen LogP contribution in [0.3, 0.4) is 0 Å². The van der Waals surface area contributed by atoms with Gasteiger partial charge in [-0.1, -0.05) is 89.7 Å². The van der Waals surface area contributed by atoms with E-state index in [2.05, 4.69) is 10.3 Å². The van der Waals surface area contributed by atoms with Crippen molar-refractivity contribution in [2.45, 2.75) is 24.7 Å². The van der Waals surface area contributed by atoms with Crippen LogP contribution in [0.5, 0.6) is 0 Å². The summed E-state index contributed by atoms with van der Waals surface area (Å²) in [6.07, 6.45) is 0.196. The van der Waals surface area contributed by atoms with Gasteiger partial charge in [0.2, 0.25) is 11.7 Å². The fourth-order valence-electron chi connectivity index (χ4n) is 3.51. The summed E-state index contributed by atoms with van der Waals surface area (Å²) in [6, 6.07) is 24.9. The van der Waals surface area contributed by atoms with Gasteiger partial charge in [0.25, 0.3) is 0 Å². The SMILES string of the molecule is Cc1ccc(S(=O)(=O)CCCC(=O)Nc2nc(-c3ccccc3)c(C(=O)c3ccccc3)s2)cc1. The van der Waals surface area contributed by atoms with Crippen LogP contribution in [-0.2, 0) is 14.6 Å². The normalized spacial score (nSPS) is 11.2. The van der Waals surface area contributed by atoms with Gasteiger partial charge in [0.1, 0.15) is 4.88 Å². The fraction of sp³-hybridized carbons (Fsp3) is 0.148. The van der Waals surface area contributed by atoms with Crippen molar-refractivity contribution >= 4 is 38.0 Å². The van der Waals surface area contributed by atoms with E-state index in [-0.39, 0.29) is 35.2 Å². The molecule has 0 atom stereocenters. The summed E-state index contributed by atoms with van der Waals surface area (Å²) in [7, 11) is -3.46. The molecule has 3 aromatic carbocycles. The Hall–Kier alpha value is -3.62. The van der Waals surface area contributed by atoms with Gasteiger partial charge in [0.05, 0.1) is 16.3 Å². The molecule has 1 heterocycles. The van der Waals surface area contributed by atoms with Gasteiger partial charge in [-0.15, -0.1) is 0 Å². The standard InChI is InChI=1S/C27H24N2O4S2/c1-19-14-16-22(17-15-19)35(32,33)18-8-13-23(30)28-27-29-24(20-9-4-2-5-10-20)26(34-27)25(31)21-11-6-3-7-12-21/h2-7,9-12,14-17H,8,13,18H2,1H3,(H,28,29,30). The van der Waals surface area contributed by atoms with Crippen molar-refractivity contribution in [1.29, 1.82) is 0 Å². The van der Waals surface area contributed by atoms with Gasteiger partial charge in [-0.3, -0.25) is 9.59 Å². The van der Waals surface area contributed by atoms with Gasteiger partial charge >= 0.3 is 0 Å². The highest BCUT2D eigenvalue weighted by Crippen LogP contribution is 2.33. The van der Waals surface area contributed by atoms with Crippen LogP contribution < -0.4 is 5.32 Å². The third kappa shape index (κ3) is 6.09. The molecule has 178 valence electrons. The second-order valence-corrected chi connectivity index (χ2v) is 11.1. The van der Waals surface area contributed by atoms with Crippen molar-refractivity contribution < 1.29 is 18.0 Å². The van der Waals surface area contributed by atoms with E-state index in [4.69, 9.17) is 0 Å². The highest BCUT2D eigenvalue weighted by molar-refractivity contribution is 7.91. The van der Waals surface area contributed by atoms with Crippen molar-refractivity contribution in [3.8, 4) is 11.3 Å². The number of benzene rings is 3. The molecule has 35 heavy (non-hydrogen) atoms. The Morgan fingerprint density at radius 2 is 1.51 bits per heavy atom. The lowest BCUT2D eigenvalue weighted by Gasteiger charge is -2.05. The number of nitrogens with zero attached hydrogens (tertiary/aromatic N) is 1. The number of hydrogen-bond acceptors (Lipinski definition) is 6. The molecule has 1 amide bonds. The topological polar surface area (TPSA) is 93.2 Å². The number of aromatic nitrogens is 1. The maximum Gasteiger partial charge on any atom is 0.226 e. The first-order chi connectivity index (χ1) is 16.8. The zero-order chi connectivity index (χ0) is 24.8. The molecule has 0 radical (unpaired) electrons. The second kappa shape index (κ2) is 10.8. The molecule has 1 aromatic heterocycles. The van der Waals surface area contributed by atoms with Gasteiger partial charge in [-0.05, 0) is 25.5 Å². The van der Waals surface area contributed by atoms with Gasteiger partial charge in [0, 0.05) is 17.5 Å². The summed E-state index contributed by atoms with van der Waals surface area (Å²) in [5, 5.41) is 3.03. The molecule has 0 aliphatic carbocycles. The molecule has 0 bridgehead atoms. The van der Waals surface area contributed by atoms with Crippen molar-refractivity contribution in [3.63, 3.8) is 0 Å². The zero-order valence-electron chi connectivity index (χ0n) is 19.1. The Morgan fingerprint density at radius 1 is 0.886 bits per heavy atom. The molecule has 0 saturated carbocycles. The average Bonchev–Trinajstić information content (AvgIpc) is 3.28. The maximum absolute atomic E-state index is 13.2. The van der Waals surface area contributed by atoms with Crippen LogP contribution in [0.4, 0.5) is 5.13 Å². The third-order valence-electron chi connectivity index (χ3n) is 5.36. The lowest BCUT2D eigenvalue weighted by Crippen LogP contribution is -2.14. The van der Waals surface area contributed by atoms with Crippen molar-refractivity contribution in [1.82, 2.24) is 4.98 Å². The fourth-order valence-corrected chi connectivity index (χ4v) is 5.78. The maximum atomic E-state index is 13.2. The number of aryl methyl sites for hydroxylation is 1. The minimum Gasteiger partial charge on any atom is -0.302 e. The van der Waals surface area contributed by atoms with E-state index in [1.54, 1.807) is 48.5 Å². The lowest BCUT2D eigenvalue weighted by atomic mass is 10.1. The van der Waals surface area contributed by atoms with E-state index in [9.17, 15) is 18.0 Å². The highest BCUT2D eigenvalue weighted by Gasteiger charge is 2.22. The summed E-state index contributed by atoms with van der Waals surface area (Å²) < 4.78 is 25.0. The number of amides is 1. The molecule has 0 aliphatic rings. The van der Waals surface area contributed by atoms with Crippen LogP contribution in [0.1, 0.15) is 33.6 Å². The minimum atomic E-state index is -3.46. The van der Waals surface area contributed by atoms with Crippen LogP contribution in [0, 0.1) is 6.92 Å². The van der Waals surface area contributed by atoms with Gasteiger partial charge < -0.3 is 5.32 Å². The predicted molar refractivity (Wildman–Crippen MR) is 139 cm³/mol. The van der Waals surface area contributed by atoms with E-state index in [1.807, 2.05) is 43.3 Å². The first kappa shape index (κ1) is 24.5. The number of rotatable bonds is 9. The molecule has 4 rings (SSSR count). The first-order valence-electron chi connectivity index (χ1n) is 11.1. The summed E-state index contributed by atoms with van der Waals surface area (Å²) in [5.41, 5.74) is 2.79. The van der Waals surface area contributed by atoms with Gasteiger partial charge in [0.15, 0.2) is 15.0 Å². The quantitative estimate of drug-likeness (QED) is 0.302. The Labute approximate surface area is 208 Å². The Morgan fingerprint density at radius 3 is 2.17 bits per heavy atom. The van der Waals surface area contributed by atoms with E-state index >= 15 is 0 Å². The van der Waals surface area contributed by atoms with E-state index in [0.717, 1.165) is 22.5 Å². The average molecular weight is 505 g/mol. The van der Waals surface area contributed by atoms with Crippen LogP contribution >= 0.6 is 11.3 Å². The van der Waals surface area contributed by atoms with E-state index in [0.29, 0.717) is 21.3 Å². The van der Waals surface area contributed by atoms with Crippen molar-refractivity contribution in [3.05, 3.63) is 101 Å². The molecule has 1 N–H and O–H groups in total. The van der Waals surface area contributed by atoms with E-state index < -0.39 is 9.84 Å². The molecule has 0 saturated heterocycles. The Bertz CT molecular complexity index is 1430. The third-order valence-corrected chi connectivity index (χ3v) is 8.15. The lowest BCUT2D eigenvalue weighted by molar-refractivity contribution is -0.116. The number of nitrogens with one attached hydrogen (secondary N) is 1. The number of carbonyl (C=O) groups excluding carboxylic acids is 2. The molecule has 4 aromatic rings. The summed E-state index contributed by atoms with van der Waals surface area (Å²) >= 11 is 1.11. The van der Waals surface area contributed by atoms with Gasteiger partial charge in [-0.25, -0.2) is 13.4 Å². The monoisotopic (exact) mass is 504 g/mol. The molecular formula is C27H24N2O4S2. The number of anilines is 1. The largest absolute Gasteiger partial charge is 0.302 e.